The first-order valence-corrected chi connectivity index (χ1v) is 20.7. The number of phenolic OH excluding ortho intramolecular Hbond substituents is 2. The molecule has 44 heavy (non-hydrogen) atoms. The number of phenols is 2. The molecule has 247 valence electrons. The summed E-state index contributed by atoms with van der Waals surface area (Å²) in [7, 11) is 14.8. The van der Waals surface area contributed by atoms with Gasteiger partial charge in [0.15, 0.2) is 0 Å². The number of nitrogens with zero attached hydrogens (tertiary/aromatic N) is 2. The fourth-order valence-electron chi connectivity index (χ4n) is 5.31. The molecule has 0 bridgehead atoms. The number of halogens is 3. The zero-order valence-corrected chi connectivity index (χ0v) is 32.3. The molecule has 0 heterocycles. The van der Waals surface area contributed by atoms with E-state index in [0.717, 1.165) is 47.9 Å². The van der Waals surface area contributed by atoms with E-state index < -0.39 is 11.4 Å². The predicted octanol–water partition coefficient (Wildman–Crippen LogP) is 11.2. The van der Waals surface area contributed by atoms with Gasteiger partial charge in [0.25, 0.3) is 0 Å². The van der Waals surface area contributed by atoms with Crippen LogP contribution < -0.4 is 0 Å². The number of hydrogen-bond donors (Lipinski definition) is 2. The average molecular weight is 705 g/mol. The first-order chi connectivity index (χ1) is 19.9. The van der Waals surface area contributed by atoms with Gasteiger partial charge in [-0.1, -0.05) is 108 Å². The summed E-state index contributed by atoms with van der Waals surface area (Å²) in [5.41, 5.74) is 5.39. The molecular formula is C36H54Cl3CrN2O2. The van der Waals surface area contributed by atoms with Crippen LogP contribution in [0.5, 0.6) is 11.5 Å². The number of rotatable bonds is 4. The Bertz CT molecular complexity index is 1230. The van der Waals surface area contributed by atoms with Crippen LogP contribution in [0.2, 0.25) is 0 Å². The van der Waals surface area contributed by atoms with Crippen molar-refractivity contribution in [1.82, 2.24) is 0 Å². The zero-order valence-electron chi connectivity index (χ0n) is 28.8. The molecule has 0 aromatic heterocycles. The van der Waals surface area contributed by atoms with Crippen molar-refractivity contribution in [3.05, 3.63) is 57.6 Å². The Labute approximate surface area is 284 Å². The molecule has 1 saturated carbocycles. The minimum atomic E-state index is -1.62. The quantitative estimate of drug-likeness (QED) is 0.311. The average Bonchev–Trinajstić information content (AvgIpc) is 2.84. The molecule has 0 aliphatic heterocycles. The molecule has 2 unspecified atom stereocenters. The van der Waals surface area contributed by atoms with E-state index in [2.05, 4.69) is 107 Å². The van der Waals surface area contributed by atoms with Gasteiger partial charge in [0, 0.05) is 34.7 Å². The van der Waals surface area contributed by atoms with E-state index >= 15 is 0 Å². The Kier molecular flexibility index (Phi) is 13.4. The van der Waals surface area contributed by atoms with Gasteiger partial charge in [-0.25, -0.2) is 0 Å². The van der Waals surface area contributed by atoms with Crippen molar-refractivity contribution in [2.45, 2.75) is 143 Å². The van der Waals surface area contributed by atoms with Crippen molar-refractivity contribution in [2.24, 2.45) is 9.98 Å². The van der Waals surface area contributed by atoms with E-state index in [-0.39, 0.29) is 33.7 Å². The Balaban J connectivity index is 0.00000159. The van der Waals surface area contributed by atoms with Gasteiger partial charge in [-0.3, -0.25) is 9.98 Å². The second kappa shape index (κ2) is 15.1. The van der Waals surface area contributed by atoms with Crippen LogP contribution in [0.4, 0.5) is 0 Å². The maximum absolute atomic E-state index is 11.2. The van der Waals surface area contributed by atoms with Gasteiger partial charge in [0.1, 0.15) is 11.5 Å². The summed E-state index contributed by atoms with van der Waals surface area (Å²) in [5.74, 6) is 0.637. The molecule has 4 nitrogen and oxygen atoms in total. The maximum atomic E-state index is 11.2. The van der Waals surface area contributed by atoms with Gasteiger partial charge in [0.2, 0.25) is 0 Å². The van der Waals surface area contributed by atoms with Crippen molar-refractivity contribution in [3.63, 3.8) is 0 Å². The van der Waals surface area contributed by atoms with Crippen LogP contribution in [0.3, 0.4) is 0 Å². The fourth-order valence-corrected chi connectivity index (χ4v) is 5.31. The molecule has 2 atom stereocenters. The van der Waals surface area contributed by atoms with Gasteiger partial charge < -0.3 is 10.2 Å². The summed E-state index contributed by atoms with van der Waals surface area (Å²) in [6.45, 7) is 26.0. The predicted molar refractivity (Wildman–Crippen MR) is 190 cm³/mol. The van der Waals surface area contributed by atoms with Crippen LogP contribution in [0.25, 0.3) is 0 Å². The number of benzene rings is 2. The topological polar surface area (TPSA) is 65.2 Å². The Hall–Kier alpha value is -1.22. The van der Waals surface area contributed by atoms with Crippen LogP contribution in [-0.4, -0.2) is 34.7 Å². The van der Waals surface area contributed by atoms with Gasteiger partial charge >= 0.3 is 41.5 Å². The molecule has 1 fully saturated rings. The van der Waals surface area contributed by atoms with Crippen LogP contribution in [-0.2, 0) is 33.0 Å². The van der Waals surface area contributed by atoms with Crippen LogP contribution in [0, 0.1) is 0 Å². The Morgan fingerprint density at radius 1 is 0.591 bits per heavy atom. The van der Waals surface area contributed by atoms with E-state index in [0.29, 0.717) is 11.5 Å². The van der Waals surface area contributed by atoms with Gasteiger partial charge in [-0.15, -0.1) is 0 Å². The van der Waals surface area contributed by atoms with E-state index in [1.807, 2.05) is 12.4 Å². The summed E-state index contributed by atoms with van der Waals surface area (Å²) >= 11 is -1.62. The molecule has 3 rings (SSSR count). The standard InChI is InChI=1S/C36H54N2O2.3ClH.Cr/c1-33(2,3)25-17-23(31(39)27(19-25)35(7,8)9)21-37-29-15-13-14-16-30(29)38-22-24-18-26(34(4,5)6)20-28(32(24)40)36(10,11)12;;;;/h17-22,29-30,39-40H,13-16H2,1-12H3;3*1H;/q;;;;+3/p-3. The fraction of sp³-hybridized carbons (Fsp3) is 0.611. The van der Waals surface area contributed by atoms with Crippen molar-refractivity contribution in [1.29, 1.82) is 0 Å². The second-order valence-electron chi connectivity index (χ2n) is 16.1. The van der Waals surface area contributed by atoms with Crippen LogP contribution in [0.15, 0.2) is 34.3 Å². The molecule has 0 saturated heterocycles. The van der Waals surface area contributed by atoms with Crippen LogP contribution >= 0.6 is 30.1 Å². The molecular weight excluding hydrogens is 651 g/mol. The molecule has 0 amide bonds. The summed E-state index contributed by atoms with van der Waals surface area (Å²) in [6, 6.07) is 8.53. The molecule has 2 N–H and O–H groups in total. The van der Waals surface area contributed by atoms with Crippen molar-refractivity contribution >= 4 is 42.6 Å². The summed E-state index contributed by atoms with van der Waals surface area (Å²) in [4.78, 5) is 10.1. The second-order valence-corrected chi connectivity index (χ2v) is 22.4. The summed E-state index contributed by atoms with van der Waals surface area (Å²) in [6.07, 6.45) is 7.90. The summed E-state index contributed by atoms with van der Waals surface area (Å²) < 4.78 is 0. The Morgan fingerprint density at radius 2 is 0.886 bits per heavy atom. The van der Waals surface area contributed by atoms with E-state index in [1.165, 1.54) is 11.1 Å². The monoisotopic (exact) mass is 703 g/mol. The minimum absolute atomic E-state index is 0.0378. The molecule has 1 aliphatic carbocycles. The van der Waals surface area contributed by atoms with E-state index in [4.69, 9.17) is 40.1 Å². The summed E-state index contributed by atoms with van der Waals surface area (Å²) in [5, 5.41) is 22.5. The van der Waals surface area contributed by atoms with Crippen LogP contribution in [0.1, 0.15) is 142 Å². The normalized spacial score (nSPS) is 18.6. The number of aromatic hydroxyl groups is 2. The molecule has 1 aliphatic rings. The van der Waals surface area contributed by atoms with E-state index in [9.17, 15) is 10.2 Å². The molecule has 0 spiro atoms. The first kappa shape index (κ1) is 39.0. The third-order valence-corrected chi connectivity index (χ3v) is 8.13. The number of hydrogen-bond acceptors (Lipinski definition) is 4. The molecule has 2 aromatic carbocycles. The number of aliphatic imine (C=N–C) groups is 2. The van der Waals surface area contributed by atoms with Gasteiger partial charge in [-0.2, -0.15) is 0 Å². The third kappa shape index (κ3) is 11.2. The van der Waals surface area contributed by atoms with Gasteiger partial charge in [-0.05, 0) is 57.8 Å². The molecule has 8 heteroatoms. The van der Waals surface area contributed by atoms with Gasteiger partial charge in [0.05, 0.1) is 12.1 Å². The van der Waals surface area contributed by atoms with Crippen molar-refractivity contribution in [3.8, 4) is 11.5 Å². The third-order valence-electron chi connectivity index (χ3n) is 8.13. The Morgan fingerprint density at radius 3 is 1.14 bits per heavy atom. The van der Waals surface area contributed by atoms with Crippen molar-refractivity contribution in [2.75, 3.05) is 0 Å². The molecule has 2 aromatic rings. The zero-order chi connectivity index (χ0) is 33.8. The van der Waals surface area contributed by atoms with Crippen molar-refractivity contribution < 1.29 is 21.6 Å². The van der Waals surface area contributed by atoms with E-state index in [1.54, 1.807) is 0 Å². The SMILES string of the molecule is CC(C)(C)c1cc(C=NC2CCCCC2N=Cc2cc(C(C)(C)C)cc(C(C)(C)C)c2O)c(O)c(C(C)(C)C)c1.[Cl][Cr]([Cl])[Cl]. The molecule has 0 radical (unpaired) electrons. The first-order valence-electron chi connectivity index (χ1n) is 15.5.